The molecule has 1 fully saturated rings. The van der Waals surface area contributed by atoms with Gasteiger partial charge in [-0.1, -0.05) is 6.07 Å². The molecule has 0 aliphatic heterocycles. The highest BCUT2D eigenvalue weighted by molar-refractivity contribution is 7.90. The molecule has 22 heavy (non-hydrogen) atoms. The van der Waals surface area contributed by atoms with Crippen LogP contribution in [0.4, 0.5) is 4.39 Å². The summed E-state index contributed by atoms with van der Waals surface area (Å²) in [5, 5.41) is 12.6. The van der Waals surface area contributed by atoms with Crippen molar-refractivity contribution in [3.63, 3.8) is 0 Å². The first-order valence-corrected chi connectivity index (χ1v) is 9.56. The van der Waals surface area contributed by atoms with Gasteiger partial charge in [0, 0.05) is 24.9 Å². The molecule has 0 spiro atoms. The van der Waals surface area contributed by atoms with Crippen molar-refractivity contribution in [1.82, 2.24) is 5.32 Å². The van der Waals surface area contributed by atoms with E-state index in [1.165, 1.54) is 12.1 Å². The van der Waals surface area contributed by atoms with E-state index < -0.39 is 15.7 Å². The summed E-state index contributed by atoms with van der Waals surface area (Å²) in [4.78, 5) is -0.257. The van der Waals surface area contributed by atoms with E-state index in [9.17, 15) is 12.8 Å². The van der Waals surface area contributed by atoms with E-state index in [2.05, 4.69) is 5.32 Å². The van der Waals surface area contributed by atoms with Crippen molar-refractivity contribution in [2.24, 2.45) is 5.92 Å². The molecule has 1 aliphatic carbocycles. The second kappa shape index (κ2) is 7.06. The van der Waals surface area contributed by atoms with Crippen LogP contribution in [0.2, 0.25) is 0 Å². The van der Waals surface area contributed by atoms with Crippen LogP contribution in [-0.2, 0) is 9.84 Å². The van der Waals surface area contributed by atoms with Crippen LogP contribution in [0.25, 0.3) is 0 Å². The molecule has 1 saturated carbocycles. The lowest BCUT2D eigenvalue weighted by Gasteiger charge is -2.30. The van der Waals surface area contributed by atoms with Gasteiger partial charge in [-0.15, -0.1) is 0 Å². The molecule has 6 heteroatoms. The Morgan fingerprint density at radius 2 is 1.95 bits per heavy atom. The summed E-state index contributed by atoms with van der Waals surface area (Å²) in [6.07, 6.45) is 5.01. The number of hydrogen-bond donors (Lipinski definition) is 2. The number of aliphatic hydroxyl groups is 1. The zero-order chi connectivity index (χ0) is 16.3. The summed E-state index contributed by atoms with van der Waals surface area (Å²) in [5.41, 5.74) is 0.745. The third-order valence-corrected chi connectivity index (χ3v) is 5.58. The van der Waals surface area contributed by atoms with Crippen LogP contribution in [0.1, 0.15) is 44.2 Å². The van der Waals surface area contributed by atoms with Crippen LogP contribution < -0.4 is 5.32 Å². The first-order valence-electron chi connectivity index (χ1n) is 7.67. The Bertz CT molecular complexity index is 610. The van der Waals surface area contributed by atoms with Crippen LogP contribution in [0.15, 0.2) is 23.1 Å². The smallest absolute Gasteiger partial charge is 0.178 e. The summed E-state index contributed by atoms with van der Waals surface area (Å²) in [5.74, 6) is -0.294. The molecule has 4 nitrogen and oxygen atoms in total. The molecule has 1 unspecified atom stereocenters. The van der Waals surface area contributed by atoms with Gasteiger partial charge in [0.05, 0.1) is 0 Å². The topological polar surface area (TPSA) is 66.4 Å². The van der Waals surface area contributed by atoms with E-state index in [1.54, 1.807) is 6.07 Å². The lowest BCUT2D eigenvalue weighted by molar-refractivity contribution is 0.172. The van der Waals surface area contributed by atoms with Gasteiger partial charge >= 0.3 is 0 Å². The molecule has 0 radical (unpaired) electrons. The molecule has 1 aromatic carbocycles. The fraction of sp³-hybridized carbons (Fsp3) is 0.625. The Morgan fingerprint density at radius 1 is 1.32 bits per heavy atom. The zero-order valence-electron chi connectivity index (χ0n) is 13.0. The first-order chi connectivity index (χ1) is 10.3. The number of benzene rings is 1. The maximum Gasteiger partial charge on any atom is 0.178 e. The predicted octanol–water partition coefficient (Wildman–Crippen LogP) is 2.43. The Balaban J connectivity index is 2.01. The Hall–Kier alpha value is -0.980. The standard InChI is InChI=1S/C16H24FNO3S/c1-11(18-14-6-3-12(10-19)4-7-14)13-5-8-16(15(17)9-13)22(2,20)21/h5,8-9,11-12,14,18-19H,3-4,6-7,10H2,1-2H3. The zero-order valence-corrected chi connectivity index (χ0v) is 13.9. The van der Waals surface area contributed by atoms with Crippen LogP contribution in [0.3, 0.4) is 0 Å². The highest BCUT2D eigenvalue weighted by atomic mass is 32.2. The van der Waals surface area contributed by atoms with Gasteiger partial charge < -0.3 is 10.4 Å². The van der Waals surface area contributed by atoms with Crippen molar-refractivity contribution in [3.05, 3.63) is 29.6 Å². The molecule has 0 aromatic heterocycles. The number of rotatable bonds is 5. The highest BCUT2D eigenvalue weighted by Gasteiger charge is 2.22. The molecule has 1 atom stereocenters. The number of sulfone groups is 1. The average Bonchev–Trinajstić information content (AvgIpc) is 2.46. The Labute approximate surface area is 131 Å². The number of halogens is 1. The molecule has 1 aliphatic rings. The molecule has 0 saturated heterocycles. The average molecular weight is 329 g/mol. The monoisotopic (exact) mass is 329 g/mol. The Morgan fingerprint density at radius 3 is 2.45 bits per heavy atom. The largest absolute Gasteiger partial charge is 0.396 e. The van der Waals surface area contributed by atoms with Gasteiger partial charge in [-0.2, -0.15) is 0 Å². The van der Waals surface area contributed by atoms with Crippen LogP contribution in [0, 0.1) is 11.7 Å². The minimum Gasteiger partial charge on any atom is -0.396 e. The summed E-state index contributed by atoms with van der Waals surface area (Å²) in [6, 6.07) is 4.61. The van der Waals surface area contributed by atoms with Crippen molar-refractivity contribution >= 4 is 9.84 Å². The fourth-order valence-electron chi connectivity index (χ4n) is 3.05. The maximum atomic E-state index is 13.9. The van der Waals surface area contributed by atoms with Crippen molar-refractivity contribution in [3.8, 4) is 0 Å². The maximum absolute atomic E-state index is 13.9. The minimum atomic E-state index is -3.53. The number of aliphatic hydroxyl groups excluding tert-OH is 1. The minimum absolute atomic E-state index is 0.0428. The molecule has 124 valence electrons. The van der Waals surface area contributed by atoms with Gasteiger partial charge in [-0.05, 0) is 56.2 Å². The molecule has 0 bridgehead atoms. The molecular formula is C16H24FNO3S. The van der Waals surface area contributed by atoms with E-state index in [0.29, 0.717) is 12.0 Å². The first kappa shape index (κ1) is 17.4. The van der Waals surface area contributed by atoms with E-state index >= 15 is 0 Å². The van der Waals surface area contributed by atoms with Crippen molar-refractivity contribution < 1.29 is 17.9 Å². The lowest BCUT2D eigenvalue weighted by Crippen LogP contribution is -2.35. The van der Waals surface area contributed by atoms with Gasteiger partial charge in [0.25, 0.3) is 0 Å². The van der Waals surface area contributed by atoms with E-state index in [4.69, 9.17) is 5.11 Å². The highest BCUT2D eigenvalue weighted by Crippen LogP contribution is 2.26. The third-order valence-electron chi connectivity index (χ3n) is 4.45. The summed E-state index contributed by atoms with van der Waals surface area (Å²) >= 11 is 0. The van der Waals surface area contributed by atoms with Gasteiger partial charge in [0.15, 0.2) is 9.84 Å². The van der Waals surface area contributed by atoms with Crippen molar-refractivity contribution in [2.45, 2.75) is 49.6 Å². The van der Waals surface area contributed by atoms with Gasteiger partial charge in [-0.25, -0.2) is 12.8 Å². The predicted molar refractivity (Wildman–Crippen MR) is 83.9 cm³/mol. The molecular weight excluding hydrogens is 305 g/mol. The van der Waals surface area contributed by atoms with Crippen LogP contribution in [0.5, 0.6) is 0 Å². The SMILES string of the molecule is CC(NC1CCC(CO)CC1)c1ccc(S(C)(=O)=O)c(F)c1. The Kier molecular flexibility index (Phi) is 5.58. The van der Waals surface area contributed by atoms with Crippen LogP contribution >= 0.6 is 0 Å². The quantitative estimate of drug-likeness (QED) is 0.871. The summed E-state index contributed by atoms with van der Waals surface area (Å²) in [6.45, 7) is 2.20. The molecule has 2 N–H and O–H groups in total. The van der Waals surface area contributed by atoms with Gasteiger partial charge in [-0.3, -0.25) is 0 Å². The van der Waals surface area contributed by atoms with Gasteiger partial charge in [0.1, 0.15) is 10.7 Å². The lowest BCUT2D eigenvalue weighted by atomic mass is 9.86. The number of hydrogen-bond acceptors (Lipinski definition) is 4. The molecule has 0 heterocycles. The van der Waals surface area contributed by atoms with Gasteiger partial charge in [0.2, 0.25) is 0 Å². The summed E-state index contributed by atoms with van der Waals surface area (Å²) in [7, 11) is -3.53. The number of nitrogens with one attached hydrogen (secondary N) is 1. The van der Waals surface area contributed by atoms with E-state index in [0.717, 1.165) is 37.5 Å². The summed E-state index contributed by atoms with van der Waals surface area (Å²) < 4.78 is 36.8. The van der Waals surface area contributed by atoms with Crippen molar-refractivity contribution in [2.75, 3.05) is 12.9 Å². The second-order valence-electron chi connectivity index (χ2n) is 6.25. The normalized spacial score (nSPS) is 24.2. The molecule has 0 amide bonds. The fourth-order valence-corrected chi connectivity index (χ4v) is 3.78. The third kappa shape index (κ3) is 4.27. The second-order valence-corrected chi connectivity index (χ2v) is 8.23. The van der Waals surface area contributed by atoms with Crippen LogP contribution in [-0.4, -0.2) is 32.4 Å². The molecule has 1 aromatic rings. The van der Waals surface area contributed by atoms with E-state index in [1.807, 2.05) is 6.92 Å². The molecule has 2 rings (SSSR count). The van der Waals surface area contributed by atoms with E-state index in [-0.39, 0.29) is 17.5 Å². The van der Waals surface area contributed by atoms with Crippen molar-refractivity contribution in [1.29, 1.82) is 0 Å².